The van der Waals surface area contributed by atoms with Crippen LogP contribution >= 0.6 is 11.6 Å². The molecule has 1 unspecified atom stereocenters. The quantitative estimate of drug-likeness (QED) is 0.845. The minimum absolute atomic E-state index is 0.0555. The number of amides is 1. The minimum atomic E-state index is -0.221. The molecule has 1 aromatic heterocycles. The van der Waals surface area contributed by atoms with E-state index >= 15 is 0 Å². The molecule has 1 heterocycles. The zero-order valence-electron chi connectivity index (χ0n) is 12.0. The predicted octanol–water partition coefficient (Wildman–Crippen LogP) is 2.86. The fourth-order valence-electron chi connectivity index (χ4n) is 2.06. The maximum atomic E-state index is 12.2. The molecule has 0 fully saturated rings. The number of nitrogens with zero attached hydrogens (tertiary/aromatic N) is 1. The summed E-state index contributed by atoms with van der Waals surface area (Å²) in [6.45, 7) is 8.04. The Balaban J connectivity index is 2.82. The molecule has 108 valence electrons. The van der Waals surface area contributed by atoms with Gasteiger partial charge in [0.05, 0.1) is 17.7 Å². The van der Waals surface area contributed by atoms with Gasteiger partial charge in [0.1, 0.15) is 5.69 Å². The highest BCUT2D eigenvalue weighted by Crippen LogP contribution is 2.19. The molecule has 0 aliphatic heterocycles. The second-order valence-electron chi connectivity index (χ2n) is 5.53. The van der Waals surface area contributed by atoms with Crippen molar-refractivity contribution in [2.75, 3.05) is 6.61 Å². The number of carbonyl (C=O) groups is 1. The molecule has 0 saturated carbocycles. The van der Waals surface area contributed by atoms with Crippen LogP contribution in [-0.2, 0) is 0 Å². The van der Waals surface area contributed by atoms with Gasteiger partial charge in [-0.15, -0.1) is 0 Å². The van der Waals surface area contributed by atoms with Crippen LogP contribution in [0.25, 0.3) is 0 Å². The van der Waals surface area contributed by atoms with Crippen LogP contribution in [-0.4, -0.2) is 28.2 Å². The van der Waals surface area contributed by atoms with Crippen LogP contribution in [0, 0.1) is 5.92 Å². The molecule has 4 nitrogen and oxygen atoms in total. The fourth-order valence-corrected chi connectivity index (χ4v) is 2.27. The lowest BCUT2D eigenvalue weighted by atomic mass is 10.0. The van der Waals surface area contributed by atoms with Gasteiger partial charge in [-0.25, -0.2) is 0 Å². The molecule has 1 rings (SSSR count). The highest BCUT2D eigenvalue weighted by atomic mass is 35.5. The number of hydrogen-bond donors (Lipinski definition) is 2. The zero-order valence-corrected chi connectivity index (χ0v) is 12.7. The van der Waals surface area contributed by atoms with Gasteiger partial charge in [0.25, 0.3) is 5.91 Å². The highest BCUT2D eigenvalue weighted by Gasteiger charge is 2.19. The first-order valence-corrected chi connectivity index (χ1v) is 7.02. The molecule has 0 saturated heterocycles. The molecule has 1 amide bonds. The Hall–Kier alpha value is -1.00. The average molecular weight is 287 g/mol. The summed E-state index contributed by atoms with van der Waals surface area (Å²) in [5.41, 5.74) is 0.530. The molecule has 0 aromatic carbocycles. The van der Waals surface area contributed by atoms with Gasteiger partial charge in [0.15, 0.2) is 0 Å². The number of carbonyl (C=O) groups excluding carboxylic acids is 1. The van der Waals surface area contributed by atoms with Crippen molar-refractivity contribution in [2.45, 2.75) is 46.2 Å². The number of nitrogens with one attached hydrogen (secondary N) is 1. The summed E-state index contributed by atoms with van der Waals surface area (Å²) in [4.78, 5) is 12.2. The van der Waals surface area contributed by atoms with E-state index in [0.717, 1.165) is 6.42 Å². The Bertz CT molecular complexity index is 427. The van der Waals surface area contributed by atoms with Crippen molar-refractivity contribution >= 4 is 17.5 Å². The summed E-state index contributed by atoms with van der Waals surface area (Å²) in [5, 5.41) is 12.7. The molecule has 0 spiro atoms. The fraction of sp³-hybridized carbons (Fsp3) is 0.643. The largest absolute Gasteiger partial charge is 0.394 e. The third-order valence-corrected chi connectivity index (χ3v) is 3.12. The molecule has 5 heteroatoms. The monoisotopic (exact) mass is 286 g/mol. The maximum Gasteiger partial charge on any atom is 0.268 e. The predicted molar refractivity (Wildman–Crippen MR) is 77.6 cm³/mol. The van der Waals surface area contributed by atoms with Crippen molar-refractivity contribution in [3.8, 4) is 0 Å². The van der Waals surface area contributed by atoms with E-state index in [1.807, 2.05) is 18.4 Å². The van der Waals surface area contributed by atoms with Gasteiger partial charge in [-0.05, 0) is 32.3 Å². The topological polar surface area (TPSA) is 54.3 Å². The van der Waals surface area contributed by atoms with Gasteiger partial charge in [0, 0.05) is 12.2 Å². The maximum absolute atomic E-state index is 12.2. The van der Waals surface area contributed by atoms with Crippen LogP contribution in [0.2, 0.25) is 5.02 Å². The number of rotatable bonds is 6. The molecule has 1 atom stereocenters. The Morgan fingerprint density at radius 3 is 2.53 bits per heavy atom. The number of aromatic nitrogens is 1. The number of aliphatic hydroxyl groups excluding tert-OH is 1. The Labute approximate surface area is 119 Å². The summed E-state index contributed by atoms with van der Waals surface area (Å²) in [5.74, 6) is 0.221. The van der Waals surface area contributed by atoms with Crippen LogP contribution in [0.4, 0.5) is 0 Å². The molecular formula is C14H23ClN2O2. The van der Waals surface area contributed by atoms with E-state index in [1.165, 1.54) is 0 Å². The van der Waals surface area contributed by atoms with E-state index in [9.17, 15) is 9.90 Å². The molecule has 19 heavy (non-hydrogen) atoms. The van der Waals surface area contributed by atoms with Gasteiger partial charge in [-0.2, -0.15) is 0 Å². The van der Waals surface area contributed by atoms with Gasteiger partial charge < -0.3 is 15.0 Å². The van der Waals surface area contributed by atoms with Crippen molar-refractivity contribution in [2.24, 2.45) is 5.92 Å². The van der Waals surface area contributed by atoms with E-state index in [0.29, 0.717) is 16.6 Å². The average Bonchev–Trinajstić information content (AvgIpc) is 2.70. The van der Waals surface area contributed by atoms with E-state index in [-0.39, 0.29) is 24.6 Å². The van der Waals surface area contributed by atoms with Crippen LogP contribution in [0.5, 0.6) is 0 Å². The summed E-state index contributed by atoms with van der Waals surface area (Å²) in [6.07, 6.45) is 2.50. The standard InChI is InChI=1S/C14H23ClN2O2/c1-9(2)5-12(8-18)16-14(19)13-6-11(15)7-17(13)10(3)4/h6-7,9-10,12,18H,5,8H2,1-4H3,(H,16,19). The van der Waals surface area contributed by atoms with E-state index in [2.05, 4.69) is 19.2 Å². The molecule has 2 N–H and O–H groups in total. The first-order valence-electron chi connectivity index (χ1n) is 6.64. The van der Waals surface area contributed by atoms with Crippen molar-refractivity contribution in [3.05, 3.63) is 23.0 Å². The van der Waals surface area contributed by atoms with Gasteiger partial charge in [0.2, 0.25) is 0 Å². The van der Waals surface area contributed by atoms with Crippen LogP contribution in [0.15, 0.2) is 12.3 Å². The van der Waals surface area contributed by atoms with Crippen LogP contribution < -0.4 is 5.32 Å². The SMILES string of the molecule is CC(C)CC(CO)NC(=O)c1cc(Cl)cn1C(C)C. The lowest BCUT2D eigenvalue weighted by molar-refractivity contribution is 0.0897. The van der Waals surface area contributed by atoms with Crippen molar-refractivity contribution in [1.82, 2.24) is 9.88 Å². The summed E-state index contributed by atoms with van der Waals surface area (Å²) < 4.78 is 1.83. The molecule has 0 bridgehead atoms. The number of halogens is 1. The van der Waals surface area contributed by atoms with Crippen LogP contribution in [0.3, 0.4) is 0 Å². The van der Waals surface area contributed by atoms with Gasteiger partial charge in [-0.1, -0.05) is 25.4 Å². The van der Waals surface area contributed by atoms with Crippen molar-refractivity contribution < 1.29 is 9.90 Å². The molecule has 0 radical (unpaired) electrons. The number of aliphatic hydroxyl groups is 1. The van der Waals surface area contributed by atoms with Gasteiger partial charge in [-0.3, -0.25) is 4.79 Å². The van der Waals surface area contributed by atoms with Crippen LogP contribution in [0.1, 0.15) is 50.6 Å². The lowest BCUT2D eigenvalue weighted by Crippen LogP contribution is -2.39. The van der Waals surface area contributed by atoms with E-state index < -0.39 is 0 Å². The minimum Gasteiger partial charge on any atom is -0.394 e. The summed E-state index contributed by atoms with van der Waals surface area (Å²) in [7, 11) is 0. The first-order chi connectivity index (χ1) is 8.85. The smallest absolute Gasteiger partial charge is 0.268 e. The third kappa shape index (κ3) is 4.55. The normalized spacial score (nSPS) is 13.1. The Morgan fingerprint density at radius 1 is 1.42 bits per heavy atom. The molecule has 0 aliphatic rings. The summed E-state index contributed by atoms with van der Waals surface area (Å²) in [6, 6.07) is 1.59. The molecule has 0 aliphatic carbocycles. The summed E-state index contributed by atoms with van der Waals surface area (Å²) >= 11 is 5.96. The van der Waals surface area contributed by atoms with Gasteiger partial charge >= 0.3 is 0 Å². The number of hydrogen-bond acceptors (Lipinski definition) is 2. The highest BCUT2D eigenvalue weighted by molar-refractivity contribution is 6.31. The molecular weight excluding hydrogens is 264 g/mol. The Kier molecular flexibility index (Phi) is 5.88. The molecule has 1 aromatic rings. The van der Waals surface area contributed by atoms with E-state index in [4.69, 9.17) is 11.6 Å². The zero-order chi connectivity index (χ0) is 14.6. The van der Waals surface area contributed by atoms with Crippen molar-refractivity contribution in [1.29, 1.82) is 0 Å². The second kappa shape index (κ2) is 6.96. The third-order valence-electron chi connectivity index (χ3n) is 2.92. The Morgan fingerprint density at radius 2 is 2.05 bits per heavy atom. The lowest BCUT2D eigenvalue weighted by Gasteiger charge is -2.19. The second-order valence-corrected chi connectivity index (χ2v) is 5.96. The first kappa shape index (κ1) is 16.1. The van der Waals surface area contributed by atoms with Crippen molar-refractivity contribution in [3.63, 3.8) is 0 Å². The van der Waals surface area contributed by atoms with E-state index in [1.54, 1.807) is 12.3 Å².